The smallest absolute Gasteiger partial charge is 0.309 e. The molecule has 0 spiro atoms. The van der Waals surface area contributed by atoms with E-state index in [1.807, 2.05) is 37.3 Å². The SMILES string of the molecule is CCC[Si](CCC)(CCC)N1C(=O)N(C)C(CC)(c2ccccc2)C1=O. The third kappa shape index (κ3) is 3.11. The fraction of sp³-hybridized carbons (Fsp3) is 0.619. The molecule has 26 heavy (non-hydrogen) atoms. The third-order valence-corrected chi connectivity index (χ3v) is 11.6. The molecule has 2 rings (SSSR count). The molecular weight excluding hydrogens is 340 g/mol. The van der Waals surface area contributed by atoms with Gasteiger partial charge in [0.05, 0.1) is 0 Å². The van der Waals surface area contributed by atoms with Crippen LogP contribution in [0, 0.1) is 0 Å². The minimum absolute atomic E-state index is 0.0146. The number of nitrogens with zero attached hydrogens (tertiary/aromatic N) is 2. The molecule has 1 heterocycles. The highest BCUT2D eigenvalue weighted by molar-refractivity contribution is 6.81. The molecule has 1 fully saturated rings. The van der Waals surface area contributed by atoms with E-state index in [0.29, 0.717) is 6.42 Å². The Hall–Kier alpha value is -1.62. The van der Waals surface area contributed by atoms with E-state index in [-0.39, 0.29) is 11.9 Å². The molecule has 1 aromatic rings. The maximum absolute atomic E-state index is 13.8. The Labute approximate surface area is 159 Å². The number of benzene rings is 1. The van der Waals surface area contributed by atoms with Crippen molar-refractivity contribution in [2.75, 3.05) is 7.05 Å². The molecule has 0 aromatic heterocycles. The summed E-state index contributed by atoms with van der Waals surface area (Å²) < 4.78 is 1.78. The van der Waals surface area contributed by atoms with Crippen LogP contribution in [0.2, 0.25) is 18.1 Å². The second kappa shape index (κ2) is 8.38. The average molecular weight is 375 g/mol. The van der Waals surface area contributed by atoms with Gasteiger partial charge in [-0.05, 0) is 30.1 Å². The predicted molar refractivity (Wildman–Crippen MR) is 109 cm³/mol. The Morgan fingerprint density at radius 2 is 1.38 bits per heavy atom. The van der Waals surface area contributed by atoms with Crippen molar-refractivity contribution < 1.29 is 9.59 Å². The topological polar surface area (TPSA) is 40.6 Å². The molecule has 1 saturated heterocycles. The fourth-order valence-electron chi connectivity index (χ4n) is 4.88. The summed E-state index contributed by atoms with van der Waals surface area (Å²) >= 11 is 0. The molecule has 5 heteroatoms. The van der Waals surface area contributed by atoms with Gasteiger partial charge in [0.15, 0.2) is 8.24 Å². The molecule has 0 aliphatic carbocycles. The lowest BCUT2D eigenvalue weighted by molar-refractivity contribution is -0.131. The van der Waals surface area contributed by atoms with E-state index in [4.69, 9.17) is 0 Å². The number of rotatable bonds is 9. The number of hydrogen-bond donors (Lipinski definition) is 0. The second-order valence-corrected chi connectivity index (χ2v) is 11.9. The molecule has 1 aromatic carbocycles. The van der Waals surface area contributed by atoms with Gasteiger partial charge < -0.3 is 4.90 Å². The van der Waals surface area contributed by atoms with Gasteiger partial charge in [0.25, 0.3) is 5.91 Å². The summed E-state index contributed by atoms with van der Waals surface area (Å²) in [6.45, 7) is 8.53. The number of amides is 3. The minimum Gasteiger partial charge on any atom is -0.309 e. The van der Waals surface area contributed by atoms with Crippen molar-refractivity contribution in [2.45, 2.75) is 77.0 Å². The van der Waals surface area contributed by atoms with Crippen LogP contribution in [0.3, 0.4) is 0 Å². The van der Waals surface area contributed by atoms with Crippen LogP contribution in [0.15, 0.2) is 30.3 Å². The predicted octanol–water partition coefficient (Wildman–Crippen LogP) is 5.36. The Balaban J connectivity index is 2.60. The van der Waals surface area contributed by atoms with Gasteiger partial charge in [0, 0.05) is 7.05 Å². The summed E-state index contributed by atoms with van der Waals surface area (Å²) in [5, 5.41) is 0. The van der Waals surface area contributed by atoms with Crippen LogP contribution in [-0.4, -0.2) is 36.7 Å². The van der Waals surface area contributed by atoms with Gasteiger partial charge >= 0.3 is 6.03 Å². The fourth-order valence-corrected chi connectivity index (χ4v) is 10.3. The van der Waals surface area contributed by atoms with Crippen molar-refractivity contribution in [1.82, 2.24) is 9.47 Å². The van der Waals surface area contributed by atoms with E-state index < -0.39 is 13.8 Å². The number of imide groups is 1. The Bertz CT molecular complexity index is 617. The summed E-state index contributed by atoms with van der Waals surface area (Å²) in [6, 6.07) is 12.8. The summed E-state index contributed by atoms with van der Waals surface area (Å²) in [5.41, 5.74) is 0.0736. The maximum atomic E-state index is 13.8. The highest BCUT2D eigenvalue weighted by Crippen LogP contribution is 2.44. The first kappa shape index (κ1) is 20.7. The monoisotopic (exact) mass is 374 g/mol. The molecule has 144 valence electrons. The first-order valence-electron chi connectivity index (χ1n) is 10.1. The Morgan fingerprint density at radius 1 is 0.885 bits per heavy atom. The molecule has 1 aliphatic heterocycles. The molecule has 0 N–H and O–H groups in total. The highest BCUT2D eigenvalue weighted by Gasteiger charge is 2.60. The number of carbonyl (C=O) groups excluding carboxylic acids is 2. The first-order valence-corrected chi connectivity index (χ1v) is 12.7. The zero-order chi connectivity index (χ0) is 19.4. The standard InChI is InChI=1S/C21H34N2O2Si/c1-6-15-26(16-7-2,17-8-3)23-19(24)21(9-4,22(5)20(23)25)18-13-11-10-12-14-18/h10-14H,6-9,15-17H2,1-5H3. The van der Waals surface area contributed by atoms with Gasteiger partial charge in [0.2, 0.25) is 0 Å². The van der Waals surface area contributed by atoms with E-state index in [2.05, 4.69) is 20.8 Å². The van der Waals surface area contributed by atoms with Gasteiger partial charge in [-0.25, -0.2) is 4.79 Å². The summed E-state index contributed by atoms with van der Waals surface area (Å²) in [6.07, 6.45) is 3.68. The van der Waals surface area contributed by atoms with Crippen LogP contribution in [0.5, 0.6) is 0 Å². The second-order valence-electron chi connectivity index (χ2n) is 7.54. The summed E-state index contributed by atoms with van der Waals surface area (Å²) in [4.78, 5) is 29.0. The van der Waals surface area contributed by atoms with E-state index in [1.165, 1.54) is 0 Å². The van der Waals surface area contributed by atoms with E-state index in [9.17, 15) is 9.59 Å². The molecule has 0 saturated carbocycles. The lowest BCUT2D eigenvalue weighted by atomic mass is 9.86. The van der Waals surface area contributed by atoms with Crippen LogP contribution in [-0.2, 0) is 10.3 Å². The maximum Gasteiger partial charge on any atom is 0.319 e. The van der Waals surface area contributed by atoms with Crippen LogP contribution in [0.4, 0.5) is 4.79 Å². The van der Waals surface area contributed by atoms with Crippen molar-refractivity contribution in [1.29, 1.82) is 0 Å². The largest absolute Gasteiger partial charge is 0.319 e. The van der Waals surface area contributed by atoms with Gasteiger partial charge in [-0.15, -0.1) is 0 Å². The third-order valence-electron chi connectivity index (χ3n) is 5.99. The number of likely N-dealkylation sites (N-methyl/N-ethyl adjacent to an activating group) is 1. The van der Waals surface area contributed by atoms with Crippen LogP contribution in [0.1, 0.15) is 58.9 Å². The lowest BCUT2D eigenvalue weighted by Gasteiger charge is -2.38. The molecule has 1 aliphatic rings. The van der Waals surface area contributed by atoms with Crippen molar-refractivity contribution in [3.05, 3.63) is 35.9 Å². The van der Waals surface area contributed by atoms with Crippen molar-refractivity contribution >= 4 is 20.2 Å². The Kier molecular flexibility index (Phi) is 6.67. The van der Waals surface area contributed by atoms with E-state index in [1.54, 1.807) is 16.5 Å². The lowest BCUT2D eigenvalue weighted by Crippen LogP contribution is -2.57. The normalized spacial score (nSPS) is 21.0. The zero-order valence-electron chi connectivity index (χ0n) is 17.0. The molecule has 1 unspecified atom stereocenters. The molecule has 1 atom stereocenters. The zero-order valence-corrected chi connectivity index (χ0v) is 18.0. The average Bonchev–Trinajstić information content (AvgIpc) is 2.83. The number of urea groups is 1. The van der Waals surface area contributed by atoms with Crippen LogP contribution >= 0.6 is 0 Å². The molecule has 0 bridgehead atoms. The van der Waals surface area contributed by atoms with Crippen molar-refractivity contribution in [3.8, 4) is 0 Å². The van der Waals surface area contributed by atoms with E-state index in [0.717, 1.165) is 43.0 Å². The van der Waals surface area contributed by atoms with Gasteiger partial charge in [-0.3, -0.25) is 9.36 Å². The van der Waals surface area contributed by atoms with Gasteiger partial charge in [-0.1, -0.05) is 77.3 Å². The van der Waals surface area contributed by atoms with Gasteiger partial charge in [-0.2, -0.15) is 0 Å². The van der Waals surface area contributed by atoms with Crippen molar-refractivity contribution in [2.24, 2.45) is 0 Å². The molecular formula is C21H34N2O2Si. The van der Waals surface area contributed by atoms with E-state index >= 15 is 0 Å². The molecule has 4 nitrogen and oxygen atoms in total. The summed E-state index contributed by atoms with van der Waals surface area (Å²) in [7, 11) is -0.371. The van der Waals surface area contributed by atoms with Crippen LogP contribution < -0.4 is 0 Å². The quantitative estimate of drug-likeness (QED) is 0.431. The number of carbonyl (C=O) groups is 2. The minimum atomic E-state index is -2.18. The summed E-state index contributed by atoms with van der Waals surface area (Å²) in [5.74, 6) is 0.0146. The first-order chi connectivity index (χ1) is 12.4. The molecule has 0 radical (unpaired) electrons. The van der Waals surface area contributed by atoms with Gasteiger partial charge in [0.1, 0.15) is 5.54 Å². The molecule has 3 amide bonds. The van der Waals surface area contributed by atoms with Crippen molar-refractivity contribution in [3.63, 3.8) is 0 Å². The van der Waals surface area contributed by atoms with Crippen LogP contribution in [0.25, 0.3) is 0 Å². The number of hydrogen-bond acceptors (Lipinski definition) is 2. The Morgan fingerprint density at radius 3 is 1.81 bits per heavy atom. The highest BCUT2D eigenvalue weighted by atomic mass is 28.3.